The van der Waals surface area contributed by atoms with E-state index in [1.54, 1.807) is 0 Å². The standard InChI is InChI=1S/C20H28F3N3S/c1-14(2)12-26(15-8-4-3-5-9-15)17-11-7-6-10-16(17)24-19-25-18(13-27-19)20(21,22)23/h6-7,10-11,14-15,18H,3-5,8-9,12-13H2,1-2H3,(H,24,25)/t18-/m0/s1. The molecule has 0 saturated heterocycles. The van der Waals surface area contributed by atoms with Gasteiger partial charge in [0.25, 0.3) is 0 Å². The number of nitrogens with zero attached hydrogens (tertiary/aromatic N) is 2. The van der Waals surface area contributed by atoms with Gasteiger partial charge in [-0.3, -0.25) is 0 Å². The quantitative estimate of drug-likeness (QED) is 0.665. The summed E-state index contributed by atoms with van der Waals surface area (Å²) in [4.78, 5) is 6.31. The molecule has 0 bridgehead atoms. The Kier molecular flexibility index (Phi) is 6.61. The number of halogens is 3. The van der Waals surface area contributed by atoms with Crippen LogP contribution < -0.4 is 10.2 Å². The van der Waals surface area contributed by atoms with E-state index < -0.39 is 12.2 Å². The van der Waals surface area contributed by atoms with E-state index in [0.29, 0.717) is 17.1 Å². The Hall–Kier alpha value is -1.37. The summed E-state index contributed by atoms with van der Waals surface area (Å²) in [7, 11) is 0. The predicted molar refractivity (Wildman–Crippen MR) is 109 cm³/mol. The van der Waals surface area contributed by atoms with E-state index in [9.17, 15) is 13.2 Å². The molecule has 0 radical (unpaired) electrons. The van der Waals surface area contributed by atoms with Crippen molar-refractivity contribution in [2.75, 3.05) is 22.5 Å². The fraction of sp³-hybridized carbons (Fsp3) is 0.650. The van der Waals surface area contributed by atoms with E-state index in [2.05, 4.69) is 35.1 Å². The summed E-state index contributed by atoms with van der Waals surface area (Å²) >= 11 is 1.14. The van der Waals surface area contributed by atoms with Gasteiger partial charge in [0.15, 0.2) is 11.2 Å². The molecular formula is C20H28F3N3S. The molecule has 1 fully saturated rings. The number of benzene rings is 1. The summed E-state index contributed by atoms with van der Waals surface area (Å²) in [6.07, 6.45) is 1.84. The zero-order chi connectivity index (χ0) is 19.4. The molecule has 1 aromatic carbocycles. The molecule has 0 spiro atoms. The van der Waals surface area contributed by atoms with E-state index in [1.807, 2.05) is 18.2 Å². The summed E-state index contributed by atoms with van der Waals surface area (Å²) in [5, 5.41) is 3.53. The molecule has 1 aromatic rings. The van der Waals surface area contributed by atoms with Crippen LogP contribution >= 0.6 is 11.8 Å². The average molecular weight is 400 g/mol. The van der Waals surface area contributed by atoms with Crippen LogP contribution in [0.4, 0.5) is 24.5 Å². The normalized spacial score (nSPS) is 21.4. The summed E-state index contributed by atoms with van der Waals surface area (Å²) in [6, 6.07) is 6.81. The maximum Gasteiger partial charge on any atom is 0.411 e. The predicted octanol–water partition coefficient (Wildman–Crippen LogP) is 5.93. The van der Waals surface area contributed by atoms with Crippen LogP contribution in [0.5, 0.6) is 0 Å². The van der Waals surface area contributed by atoms with Crippen LogP contribution in [-0.4, -0.2) is 35.7 Å². The number of nitrogens with one attached hydrogen (secondary N) is 1. The molecule has 150 valence electrons. The van der Waals surface area contributed by atoms with Crippen LogP contribution in [0.2, 0.25) is 0 Å². The van der Waals surface area contributed by atoms with Gasteiger partial charge in [-0.1, -0.05) is 57.0 Å². The minimum Gasteiger partial charge on any atom is -0.367 e. The molecule has 7 heteroatoms. The third-order valence-corrected chi connectivity index (χ3v) is 6.02. The number of hydrogen-bond donors (Lipinski definition) is 1. The summed E-state index contributed by atoms with van der Waals surface area (Å²) in [6.45, 7) is 5.35. The molecule has 3 rings (SSSR count). The fourth-order valence-electron chi connectivity index (χ4n) is 3.79. The lowest BCUT2D eigenvalue weighted by atomic mass is 9.93. The van der Waals surface area contributed by atoms with Gasteiger partial charge < -0.3 is 10.2 Å². The second-order valence-corrected chi connectivity index (χ2v) is 8.79. The number of aliphatic imine (C=N–C) groups is 1. The number of amidine groups is 1. The lowest BCUT2D eigenvalue weighted by molar-refractivity contribution is -0.141. The molecule has 1 aliphatic carbocycles. The molecule has 1 saturated carbocycles. The highest BCUT2D eigenvalue weighted by atomic mass is 32.2. The third-order valence-electron chi connectivity index (χ3n) is 5.06. The lowest BCUT2D eigenvalue weighted by Gasteiger charge is -2.38. The molecule has 0 aromatic heterocycles. The van der Waals surface area contributed by atoms with Crippen molar-refractivity contribution in [3.63, 3.8) is 0 Å². The van der Waals surface area contributed by atoms with E-state index >= 15 is 0 Å². The van der Waals surface area contributed by atoms with Gasteiger partial charge in [-0.05, 0) is 30.9 Å². The second-order valence-electron chi connectivity index (χ2n) is 7.78. The summed E-state index contributed by atoms with van der Waals surface area (Å²) in [5.74, 6) is 0.458. The molecule has 27 heavy (non-hydrogen) atoms. The Bertz CT molecular complexity index is 654. The molecule has 3 nitrogen and oxygen atoms in total. The number of rotatable bonds is 5. The summed E-state index contributed by atoms with van der Waals surface area (Å²) < 4.78 is 38.7. The second kappa shape index (κ2) is 8.76. The van der Waals surface area contributed by atoms with Crippen molar-refractivity contribution in [1.29, 1.82) is 0 Å². The zero-order valence-electron chi connectivity index (χ0n) is 15.9. The Labute approximate surface area is 163 Å². The first kappa shape index (κ1) is 20.4. The van der Waals surface area contributed by atoms with E-state index in [1.165, 1.54) is 32.1 Å². The first-order valence-electron chi connectivity index (χ1n) is 9.74. The average Bonchev–Trinajstić information content (AvgIpc) is 3.10. The van der Waals surface area contributed by atoms with Crippen molar-refractivity contribution in [2.24, 2.45) is 10.9 Å². The molecule has 0 unspecified atom stereocenters. The minimum atomic E-state index is -4.28. The molecule has 1 heterocycles. The highest BCUT2D eigenvalue weighted by molar-refractivity contribution is 8.14. The molecular weight excluding hydrogens is 371 g/mol. The van der Waals surface area contributed by atoms with Crippen molar-refractivity contribution in [1.82, 2.24) is 0 Å². The molecule has 1 aliphatic heterocycles. The van der Waals surface area contributed by atoms with Gasteiger partial charge in [-0.25, -0.2) is 4.99 Å². The largest absolute Gasteiger partial charge is 0.411 e. The maximum absolute atomic E-state index is 12.9. The molecule has 0 amide bonds. The Morgan fingerprint density at radius 1 is 1.19 bits per heavy atom. The number of thioether (sulfide) groups is 1. The Morgan fingerprint density at radius 2 is 1.89 bits per heavy atom. The minimum absolute atomic E-state index is 0.0493. The van der Waals surface area contributed by atoms with Gasteiger partial charge in [-0.15, -0.1) is 0 Å². The SMILES string of the molecule is CC(C)CN(c1ccccc1NC1=N[C@H](C(F)(F)F)CS1)C1CCCCC1. The number of alkyl halides is 3. The first-order chi connectivity index (χ1) is 12.8. The van der Waals surface area contributed by atoms with Crippen molar-refractivity contribution < 1.29 is 13.2 Å². The Balaban J connectivity index is 1.83. The molecule has 1 N–H and O–H groups in total. The van der Waals surface area contributed by atoms with Gasteiger partial charge >= 0.3 is 6.18 Å². The highest BCUT2D eigenvalue weighted by Crippen LogP contribution is 2.36. The van der Waals surface area contributed by atoms with Crippen molar-refractivity contribution in [3.05, 3.63) is 24.3 Å². The smallest absolute Gasteiger partial charge is 0.367 e. The van der Waals surface area contributed by atoms with Crippen LogP contribution in [0.15, 0.2) is 29.3 Å². The highest BCUT2D eigenvalue weighted by Gasteiger charge is 2.42. The van der Waals surface area contributed by atoms with Gasteiger partial charge in [0.2, 0.25) is 0 Å². The molecule has 1 atom stereocenters. The van der Waals surface area contributed by atoms with E-state index in [-0.39, 0.29) is 5.75 Å². The van der Waals surface area contributed by atoms with Crippen molar-refractivity contribution in [3.8, 4) is 0 Å². The van der Waals surface area contributed by atoms with Crippen molar-refractivity contribution in [2.45, 2.75) is 64.2 Å². The van der Waals surface area contributed by atoms with Crippen LogP contribution in [-0.2, 0) is 0 Å². The first-order valence-corrected chi connectivity index (χ1v) is 10.7. The topological polar surface area (TPSA) is 27.6 Å². The lowest BCUT2D eigenvalue weighted by Crippen LogP contribution is -2.39. The van der Waals surface area contributed by atoms with Crippen LogP contribution in [0, 0.1) is 5.92 Å². The van der Waals surface area contributed by atoms with Crippen LogP contribution in [0.3, 0.4) is 0 Å². The van der Waals surface area contributed by atoms with Gasteiger partial charge in [0.05, 0.1) is 11.4 Å². The van der Waals surface area contributed by atoms with E-state index in [0.717, 1.165) is 29.7 Å². The monoisotopic (exact) mass is 399 g/mol. The molecule has 2 aliphatic rings. The summed E-state index contributed by atoms with van der Waals surface area (Å²) in [5.41, 5.74) is 1.91. The number of para-hydroxylation sites is 2. The van der Waals surface area contributed by atoms with Gasteiger partial charge in [0.1, 0.15) is 0 Å². The van der Waals surface area contributed by atoms with Crippen molar-refractivity contribution >= 4 is 28.3 Å². The van der Waals surface area contributed by atoms with Crippen LogP contribution in [0.25, 0.3) is 0 Å². The number of anilines is 2. The van der Waals surface area contributed by atoms with E-state index in [4.69, 9.17) is 0 Å². The van der Waals surface area contributed by atoms with Gasteiger partial charge in [0, 0.05) is 18.3 Å². The number of hydrogen-bond acceptors (Lipinski definition) is 4. The van der Waals surface area contributed by atoms with Crippen LogP contribution in [0.1, 0.15) is 46.0 Å². The maximum atomic E-state index is 12.9. The third kappa shape index (κ3) is 5.33. The Morgan fingerprint density at radius 3 is 2.52 bits per heavy atom. The van der Waals surface area contributed by atoms with Gasteiger partial charge in [-0.2, -0.15) is 13.2 Å². The fourth-order valence-corrected chi connectivity index (χ4v) is 4.75. The zero-order valence-corrected chi connectivity index (χ0v) is 16.7.